The SMILES string of the molecule is C.C.C1=NC=[N+]=N1.[B]. The topological polar surface area (TPSA) is 38.8 Å². The van der Waals surface area contributed by atoms with E-state index in [-0.39, 0.29) is 23.3 Å². The number of nitrogens with zero attached hydrogens (tertiary/aromatic N) is 3. The standard InChI is InChI=1S/C2H2N3.2CH4.B/c1-3-2-5-4-1;;;/h1-2H;2*1H4;/q+1;;;. The Morgan fingerprint density at radius 2 is 1.88 bits per heavy atom. The Labute approximate surface area is 51.8 Å². The summed E-state index contributed by atoms with van der Waals surface area (Å²) in [6, 6.07) is 0. The number of hydrogen-bond donors (Lipinski definition) is 0. The van der Waals surface area contributed by atoms with Crippen LogP contribution in [-0.2, 0) is 0 Å². The Bertz CT molecular complexity index is 102. The average molecular weight is 111 g/mol. The highest BCUT2D eigenvalue weighted by atomic mass is 15.1. The zero-order valence-corrected chi connectivity index (χ0v) is 3.07. The van der Waals surface area contributed by atoms with Gasteiger partial charge in [-0.25, -0.2) is 0 Å². The maximum Gasteiger partial charge on any atom is 0.412 e. The van der Waals surface area contributed by atoms with E-state index < -0.39 is 0 Å². The van der Waals surface area contributed by atoms with Crippen molar-refractivity contribution in [1.29, 1.82) is 0 Å². The molecule has 0 aliphatic carbocycles. The second-order valence-electron chi connectivity index (χ2n) is 0.611. The molecule has 0 N–H and O–H groups in total. The van der Waals surface area contributed by atoms with Gasteiger partial charge in [-0.05, 0) is 4.99 Å². The summed E-state index contributed by atoms with van der Waals surface area (Å²) in [5, 5.41) is 3.36. The molecular weight excluding hydrogens is 101 g/mol. The third kappa shape index (κ3) is 5.11. The molecule has 0 aromatic heterocycles. The van der Waals surface area contributed by atoms with Crippen molar-refractivity contribution in [2.24, 2.45) is 10.1 Å². The van der Waals surface area contributed by atoms with Gasteiger partial charge in [0.15, 0.2) is 0 Å². The first-order valence-corrected chi connectivity index (χ1v) is 1.23. The van der Waals surface area contributed by atoms with Crippen LogP contribution in [-0.4, -0.2) is 25.9 Å². The van der Waals surface area contributed by atoms with E-state index in [9.17, 15) is 0 Å². The van der Waals surface area contributed by atoms with E-state index in [2.05, 4.69) is 14.9 Å². The minimum atomic E-state index is 0. The quantitative estimate of drug-likeness (QED) is 0.324. The molecule has 0 aromatic rings. The Morgan fingerprint density at radius 1 is 1.25 bits per heavy atom. The van der Waals surface area contributed by atoms with E-state index in [4.69, 9.17) is 0 Å². The molecule has 8 heavy (non-hydrogen) atoms. The largest absolute Gasteiger partial charge is 0.412 e. The molecule has 4 heteroatoms. The van der Waals surface area contributed by atoms with Crippen LogP contribution in [0, 0.1) is 0 Å². The van der Waals surface area contributed by atoms with Gasteiger partial charge in [-0.1, -0.05) is 19.6 Å². The van der Waals surface area contributed by atoms with Crippen LogP contribution in [0.3, 0.4) is 0 Å². The summed E-state index contributed by atoms with van der Waals surface area (Å²) in [7, 11) is 0. The van der Waals surface area contributed by atoms with Crippen LogP contribution in [0.2, 0.25) is 0 Å². The van der Waals surface area contributed by atoms with Crippen molar-refractivity contribution in [2.75, 3.05) is 0 Å². The predicted molar refractivity (Wildman–Crippen MR) is 36.5 cm³/mol. The van der Waals surface area contributed by atoms with Gasteiger partial charge in [0.1, 0.15) is 0 Å². The maximum atomic E-state index is 3.50. The van der Waals surface area contributed by atoms with Crippen LogP contribution in [0.15, 0.2) is 10.1 Å². The fourth-order valence-electron chi connectivity index (χ4n) is 0.149. The van der Waals surface area contributed by atoms with Crippen molar-refractivity contribution in [2.45, 2.75) is 14.9 Å². The van der Waals surface area contributed by atoms with Gasteiger partial charge in [0, 0.05) is 8.41 Å². The third-order valence-corrected chi connectivity index (χ3v) is 0.303. The molecule has 0 spiro atoms. The Hall–Kier alpha value is -0.885. The van der Waals surface area contributed by atoms with Crippen LogP contribution >= 0.6 is 0 Å². The maximum absolute atomic E-state index is 3.50. The summed E-state index contributed by atoms with van der Waals surface area (Å²) < 4.78 is 0. The molecule has 0 fully saturated rings. The van der Waals surface area contributed by atoms with Gasteiger partial charge in [-0.3, -0.25) is 0 Å². The second kappa shape index (κ2) is 9.45. The zero-order valence-electron chi connectivity index (χ0n) is 3.07. The van der Waals surface area contributed by atoms with Crippen LogP contribution in [0.4, 0.5) is 0 Å². The van der Waals surface area contributed by atoms with Crippen LogP contribution in [0.1, 0.15) is 14.9 Å². The number of aliphatic imine (C=N–C) groups is 1. The lowest BCUT2D eigenvalue weighted by molar-refractivity contribution is -0.0605. The summed E-state index contributed by atoms with van der Waals surface area (Å²) in [4.78, 5) is 6.86. The van der Waals surface area contributed by atoms with Crippen molar-refractivity contribution in [3.05, 3.63) is 0 Å². The van der Waals surface area contributed by atoms with Crippen LogP contribution < -0.4 is 0 Å². The molecule has 1 heterocycles. The molecule has 0 bridgehead atoms. The molecule has 0 aromatic carbocycles. The van der Waals surface area contributed by atoms with E-state index in [0.717, 1.165) is 0 Å². The molecule has 0 unspecified atom stereocenters. The normalized spacial score (nSPS) is 9.00. The molecule has 0 amide bonds. The Morgan fingerprint density at radius 3 is 2.00 bits per heavy atom. The molecule has 0 saturated heterocycles. The van der Waals surface area contributed by atoms with Crippen molar-refractivity contribution >= 4 is 21.1 Å². The van der Waals surface area contributed by atoms with Gasteiger partial charge in [0.25, 0.3) is 6.34 Å². The fraction of sp³-hybridized carbons (Fsp3) is 0.500. The second-order valence-corrected chi connectivity index (χ2v) is 0.611. The lowest BCUT2D eigenvalue weighted by Crippen LogP contribution is -1.50. The van der Waals surface area contributed by atoms with E-state index in [1.165, 1.54) is 12.7 Å². The van der Waals surface area contributed by atoms with E-state index in [0.29, 0.717) is 0 Å². The Balaban J connectivity index is -0.0000000833. The smallest absolute Gasteiger partial charge is 0.0776 e. The predicted octanol–water partition coefficient (Wildman–Crippen LogP) is 0.608. The van der Waals surface area contributed by atoms with E-state index >= 15 is 0 Å². The highest BCUT2D eigenvalue weighted by Crippen LogP contribution is 1.59. The van der Waals surface area contributed by atoms with Gasteiger partial charge in [-0.2, -0.15) is 0 Å². The molecule has 3 nitrogen and oxygen atoms in total. The summed E-state index contributed by atoms with van der Waals surface area (Å²) in [5.41, 5.74) is 0. The molecule has 1 rings (SSSR count). The molecule has 1 aliphatic heterocycles. The lowest BCUT2D eigenvalue weighted by atomic mass is 10.8. The molecule has 0 atom stereocenters. The molecule has 0 saturated carbocycles. The zero-order chi connectivity index (χ0) is 3.54. The van der Waals surface area contributed by atoms with Crippen molar-refractivity contribution in [3.63, 3.8) is 0 Å². The van der Waals surface area contributed by atoms with Crippen molar-refractivity contribution < 1.29 is 4.79 Å². The van der Waals surface area contributed by atoms with Gasteiger partial charge in [0.05, 0.1) is 5.11 Å². The fourth-order valence-corrected chi connectivity index (χ4v) is 0.149. The Kier molecular flexibility index (Phi) is 18.6. The van der Waals surface area contributed by atoms with Crippen LogP contribution in [0.5, 0.6) is 0 Å². The molecule has 3 radical (unpaired) electrons. The van der Waals surface area contributed by atoms with Crippen molar-refractivity contribution in [1.82, 2.24) is 0 Å². The minimum absolute atomic E-state index is 0. The first-order chi connectivity index (χ1) is 2.50. The van der Waals surface area contributed by atoms with Gasteiger partial charge in [0.2, 0.25) is 0 Å². The lowest BCUT2D eigenvalue weighted by Gasteiger charge is -1.26. The summed E-state index contributed by atoms with van der Waals surface area (Å²) in [6.45, 7) is 0. The monoisotopic (exact) mass is 111 g/mol. The van der Waals surface area contributed by atoms with Crippen LogP contribution in [0.25, 0.3) is 0 Å². The van der Waals surface area contributed by atoms with E-state index in [1.807, 2.05) is 0 Å². The van der Waals surface area contributed by atoms with Crippen molar-refractivity contribution in [3.8, 4) is 0 Å². The number of hydrogen-bond acceptors (Lipinski definition) is 2. The third-order valence-electron chi connectivity index (χ3n) is 0.303. The summed E-state index contributed by atoms with van der Waals surface area (Å²) in [5.74, 6) is 0. The van der Waals surface area contributed by atoms with E-state index in [1.54, 1.807) is 0 Å². The molecular formula is C4H10BN3+. The minimum Gasteiger partial charge on any atom is -0.0776 e. The highest BCUT2D eigenvalue weighted by molar-refractivity contribution is 5.75. The van der Waals surface area contributed by atoms with Gasteiger partial charge in [-0.15, -0.1) is 0 Å². The van der Waals surface area contributed by atoms with Gasteiger partial charge < -0.3 is 0 Å². The number of rotatable bonds is 0. The van der Waals surface area contributed by atoms with Gasteiger partial charge >= 0.3 is 6.34 Å². The molecule has 43 valence electrons. The summed E-state index contributed by atoms with van der Waals surface area (Å²) in [6.07, 6.45) is 2.78. The molecule has 1 aliphatic rings. The first-order valence-electron chi connectivity index (χ1n) is 1.23. The first kappa shape index (κ1) is 15.7. The highest BCUT2D eigenvalue weighted by Gasteiger charge is 1.82. The average Bonchev–Trinajstić information content (AvgIpc) is 1.76. The summed E-state index contributed by atoms with van der Waals surface area (Å²) >= 11 is 0.